The van der Waals surface area contributed by atoms with E-state index in [9.17, 15) is 17.2 Å². The van der Waals surface area contributed by atoms with Crippen LogP contribution in [0, 0.1) is 23.5 Å². The summed E-state index contributed by atoms with van der Waals surface area (Å²) >= 11 is 0. The molecule has 3 heterocycles. The van der Waals surface area contributed by atoms with Crippen LogP contribution in [0.1, 0.15) is 5.56 Å². The van der Waals surface area contributed by atoms with Crippen LogP contribution in [-0.4, -0.2) is 45.7 Å². The fourth-order valence-electron chi connectivity index (χ4n) is 4.75. The van der Waals surface area contributed by atoms with Gasteiger partial charge in [-0.1, -0.05) is 12.1 Å². The van der Waals surface area contributed by atoms with Crippen molar-refractivity contribution < 1.29 is 21.9 Å². The second kappa shape index (κ2) is 8.55. The zero-order chi connectivity index (χ0) is 23.2. The second-order valence-corrected chi connectivity index (χ2v) is 10.5. The topological polar surface area (TPSA) is 63.6 Å². The molecule has 0 spiro atoms. The minimum Gasteiger partial charge on any atom is -0.381 e. The van der Waals surface area contributed by atoms with E-state index >= 15 is 0 Å². The molecule has 2 atom stereocenters. The molecule has 1 aromatic heterocycles. The molecule has 0 radical (unpaired) electrons. The highest BCUT2D eigenvalue weighted by Gasteiger charge is 2.37. The Morgan fingerprint density at radius 1 is 1.06 bits per heavy atom. The Balaban J connectivity index is 1.58. The lowest BCUT2D eigenvalue weighted by Crippen LogP contribution is -2.23. The molecule has 2 aliphatic heterocycles. The molecule has 5 rings (SSSR count). The van der Waals surface area contributed by atoms with E-state index in [4.69, 9.17) is 4.74 Å². The van der Waals surface area contributed by atoms with E-state index in [1.807, 2.05) is 4.90 Å². The van der Waals surface area contributed by atoms with Gasteiger partial charge in [-0.05, 0) is 49.0 Å². The van der Waals surface area contributed by atoms with Gasteiger partial charge in [0.1, 0.15) is 11.6 Å². The first-order valence-corrected chi connectivity index (χ1v) is 12.3. The summed E-state index contributed by atoms with van der Waals surface area (Å²) in [6, 6.07) is 11.5. The van der Waals surface area contributed by atoms with E-state index in [0.29, 0.717) is 55.9 Å². The number of fused-ring (bicyclic) bond motifs is 1. The minimum absolute atomic E-state index is 0.160. The largest absolute Gasteiger partial charge is 0.381 e. The molecule has 2 fully saturated rings. The normalized spacial score (nSPS) is 20.4. The number of rotatable bonds is 6. The molecule has 2 unspecified atom stereocenters. The van der Waals surface area contributed by atoms with E-state index in [0.717, 1.165) is 10.0 Å². The standard InChI is InChI=1S/C24H25F2N3O3S/c1-27-10-16-6-24(22-4-2-3-5-23(22)26)29(11-16)33(30,31)21-8-19(25)7-20(9-21)28-12-17-14-32-15-18(17)13-28/h2-9,11,17-18,27H,10,12-15H2,1H3. The first-order chi connectivity index (χ1) is 15.9. The highest BCUT2D eigenvalue weighted by Crippen LogP contribution is 2.35. The molecule has 0 bridgehead atoms. The zero-order valence-corrected chi connectivity index (χ0v) is 19.0. The lowest BCUT2D eigenvalue weighted by atomic mass is 10.0. The fourth-order valence-corrected chi connectivity index (χ4v) is 6.20. The van der Waals surface area contributed by atoms with Crippen molar-refractivity contribution in [3.63, 3.8) is 0 Å². The molecule has 9 heteroatoms. The van der Waals surface area contributed by atoms with Gasteiger partial charge >= 0.3 is 0 Å². The highest BCUT2D eigenvalue weighted by molar-refractivity contribution is 7.90. The van der Waals surface area contributed by atoms with Gasteiger partial charge in [0.25, 0.3) is 10.0 Å². The molecule has 174 valence electrons. The number of hydrogen-bond acceptors (Lipinski definition) is 5. The van der Waals surface area contributed by atoms with Crippen LogP contribution in [0.25, 0.3) is 11.3 Å². The second-order valence-electron chi connectivity index (χ2n) is 8.65. The lowest BCUT2D eigenvalue weighted by Gasteiger charge is -2.21. The van der Waals surface area contributed by atoms with Crippen LogP contribution in [-0.2, 0) is 21.3 Å². The fraction of sp³-hybridized carbons (Fsp3) is 0.333. The van der Waals surface area contributed by atoms with Crippen LogP contribution in [0.2, 0.25) is 0 Å². The van der Waals surface area contributed by atoms with Gasteiger partial charge in [0.15, 0.2) is 0 Å². The molecule has 1 N–H and O–H groups in total. The van der Waals surface area contributed by atoms with Gasteiger partial charge in [0.2, 0.25) is 0 Å². The van der Waals surface area contributed by atoms with Crippen molar-refractivity contribution in [1.82, 2.24) is 9.29 Å². The maximum atomic E-state index is 14.6. The van der Waals surface area contributed by atoms with Crippen LogP contribution >= 0.6 is 0 Å². The van der Waals surface area contributed by atoms with Crippen molar-refractivity contribution >= 4 is 15.7 Å². The molecule has 2 saturated heterocycles. The summed E-state index contributed by atoms with van der Waals surface area (Å²) in [5.41, 5.74) is 1.55. The minimum atomic E-state index is -4.19. The summed E-state index contributed by atoms with van der Waals surface area (Å²) in [5, 5.41) is 2.98. The number of ether oxygens (including phenoxy) is 1. The number of nitrogens with one attached hydrogen (secondary N) is 1. The number of anilines is 1. The predicted octanol–water partition coefficient (Wildman–Crippen LogP) is 3.47. The van der Waals surface area contributed by atoms with E-state index in [-0.39, 0.29) is 16.2 Å². The van der Waals surface area contributed by atoms with Gasteiger partial charge in [0, 0.05) is 48.9 Å². The van der Waals surface area contributed by atoms with E-state index in [1.165, 1.54) is 30.5 Å². The average Bonchev–Trinajstić information content (AvgIpc) is 3.49. The number of benzene rings is 2. The quantitative estimate of drug-likeness (QED) is 0.594. The molecule has 33 heavy (non-hydrogen) atoms. The average molecular weight is 474 g/mol. The summed E-state index contributed by atoms with van der Waals surface area (Å²) in [4.78, 5) is 1.84. The third-order valence-electron chi connectivity index (χ3n) is 6.39. The third-order valence-corrected chi connectivity index (χ3v) is 8.04. The Morgan fingerprint density at radius 3 is 2.48 bits per heavy atom. The maximum absolute atomic E-state index is 14.6. The summed E-state index contributed by atoms with van der Waals surface area (Å²) in [6.07, 6.45) is 1.45. The van der Waals surface area contributed by atoms with Crippen molar-refractivity contribution in [1.29, 1.82) is 0 Å². The van der Waals surface area contributed by atoms with Crippen molar-refractivity contribution in [2.45, 2.75) is 11.4 Å². The highest BCUT2D eigenvalue weighted by atomic mass is 32.2. The smallest absolute Gasteiger partial charge is 0.268 e. The molecule has 0 amide bonds. The SMILES string of the molecule is CNCc1cc(-c2ccccc2F)n(S(=O)(=O)c2cc(F)cc(N3CC4COCC4C3)c2)c1. The summed E-state index contributed by atoms with van der Waals surface area (Å²) in [7, 11) is -2.45. The Kier molecular flexibility index (Phi) is 5.72. The van der Waals surface area contributed by atoms with Gasteiger partial charge in [-0.3, -0.25) is 0 Å². The van der Waals surface area contributed by atoms with Crippen molar-refractivity contribution in [2.75, 3.05) is 38.3 Å². The van der Waals surface area contributed by atoms with Gasteiger partial charge < -0.3 is 15.0 Å². The number of nitrogens with zero attached hydrogens (tertiary/aromatic N) is 2. The molecular weight excluding hydrogens is 448 g/mol. The van der Waals surface area contributed by atoms with E-state index < -0.39 is 21.7 Å². The van der Waals surface area contributed by atoms with Crippen LogP contribution in [0.15, 0.2) is 59.6 Å². The summed E-state index contributed by atoms with van der Waals surface area (Å²) < 4.78 is 63.1. The monoisotopic (exact) mass is 473 g/mol. The van der Waals surface area contributed by atoms with Crippen molar-refractivity contribution in [3.8, 4) is 11.3 Å². The van der Waals surface area contributed by atoms with Gasteiger partial charge in [-0.15, -0.1) is 0 Å². The summed E-state index contributed by atoms with van der Waals surface area (Å²) in [6.45, 7) is 3.14. The Morgan fingerprint density at radius 2 is 1.79 bits per heavy atom. The first-order valence-electron chi connectivity index (χ1n) is 10.9. The van der Waals surface area contributed by atoms with Crippen molar-refractivity contribution in [3.05, 3.63) is 71.9 Å². The Bertz CT molecular complexity index is 1280. The predicted molar refractivity (Wildman–Crippen MR) is 122 cm³/mol. The summed E-state index contributed by atoms with van der Waals surface area (Å²) in [5.74, 6) is -0.424. The number of hydrogen-bond donors (Lipinski definition) is 1. The lowest BCUT2D eigenvalue weighted by molar-refractivity contribution is 0.177. The first kappa shape index (κ1) is 22.1. The zero-order valence-electron chi connectivity index (χ0n) is 18.2. The maximum Gasteiger partial charge on any atom is 0.268 e. The van der Waals surface area contributed by atoms with E-state index in [2.05, 4.69) is 5.32 Å². The van der Waals surface area contributed by atoms with Crippen LogP contribution in [0.4, 0.5) is 14.5 Å². The van der Waals surface area contributed by atoms with Gasteiger partial charge in [-0.2, -0.15) is 0 Å². The molecule has 2 aliphatic rings. The molecule has 6 nitrogen and oxygen atoms in total. The van der Waals surface area contributed by atoms with E-state index in [1.54, 1.807) is 25.2 Å². The van der Waals surface area contributed by atoms with Gasteiger partial charge in [0.05, 0.1) is 23.8 Å². The molecule has 0 saturated carbocycles. The number of halogens is 2. The molecule has 3 aromatic rings. The van der Waals surface area contributed by atoms with Crippen LogP contribution < -0.4 is 10.2 Å². The Hall–Kier alpha value is -2.75. The van der Waals surface area contributed by atoms with Gasteiger partial charge in [-0.25, -0.2) is 21.2 Å². The van der Waals surface area contributed by atoms with Crippen molar-refractivity contribution in [2.24, 2.45) is 11.8 Å². The number of aromatic nitrogens is 1. The van der Waals surface area contributed by atoms with Crippen LogP contribution in [0.3, 0.4) is 0 Å². The third kappa shape index (κ3) is 4.05. The Labute approximate surface area is 191 Å². The molecule has 0 aliphatic carbocycles. The molecular formula is C24H25F2N3O3S. The van der Waals surface area contributed by atoms with Crippen LogP contribution in [0.5, 0.6) is 0 Å². The molecule has 2 aromatic carbocycles.